The van der Waals surface area contributed by atoms with E-state index in [1.807, 2.05) is 12.4 Å². The molecule has 0 amide bonds. The molecular weight excluding hydrogens is 198 g/mol. The fourth-order valence-electron chi connectivity index (χ4n) is 2.19. The number of aromatic nitrogens is 1. The van der Waals surface area contributed by atoms with E-state index in [1.165, 1.54) is 31.5 Å². The van der Waals surface area contributed by atoms with Gasteiger partial charge in [-0.1, -0.05) is 0 Å². The third-order valence-corrected chi connectivity index (χ3v) is 3.17. The maximum Gasteiger partial charge on any atom is 0.0270 e. The van der Waals surface area contributed by atoms with Gasteiger partial charge in [-0.3, -0.25) is 4.98 Å². The van der Waals surface area contributed by atoms with Crippen molar-refractivity contribution in [2.24, 2.45) is 5.92 Å². The predicted octanol–water partition coefficient (Wildman–Crippen LogP) is 1.21. The largest absolute Gasteiger partial charge is 0.316 e. The summed E-state index contributed by atoms with van der Waals surface area (Å²) in [7, 11) is 0. The highest BCUT2D eigenvalue weighted by Gasteiger charge is 2.11. The summed E-state index contributed by atoms with van der Waals surface area (Å²) in [6.45, 7) is 4.61. The number of nitrogens with one attached hydrogen (secondary N) is 2. The van der Waals surface area contributed by atoms with Crippen LogP contribution in [0.4, 0.5) is 0 Å². The van der Waals surface area contributed by atoms with Gasteiger partial charge in [0.1, 0.15) is 0 Å². The maximum atomic E-state index is 4.02. The summed E-state index contributed by atoms with van der Waals surface area (Å²) in [5.74, 6) is 0.825. The van der Waals surface area contributed by atoms with E-state index in [4.69, 9.17) is 0 Å². The zero-order valence-corrected chi connectivity index (χ0v) is 9.78. The maximum absolute atomic E-state index is 4.02. The molecule has 0 aliphatic carbocycles. The second-order valence-electron chi connectivity index (χ2n) is 4.52. The molecule has 2 N–H and O–H groups in total. The minimum Gasteiger partial charge on any atom is -0.316 e. The Bertz CT molecular complexity index is 280. The first kappa shape index (κ1) is 11.6. The van der Waals surface area contributed by atoms with Gasteiger partial charge in [-0.25, -0.2) is 0 Å². The van der Waals surface area contributed by atoms with Gasteiger partial charge < -0.3 is 10.6 Å². The monoisotopic (exact) mass is 219 g/mol. The highest BCUT2D eigenvalue weighted by molar-refractivity contribution is 5.09. The van der Waals surface area contributed by atoms with E-state index in [1.54, 1.807) is 0 Å². The van der Waals surface area contributed by atoms with Crippen LogP contribution in [-0.4, -0.2) is 31.2 Å². The normalized spacial score (nSPS) is 20.9. The van der Waals surface area contributed by atoms with Gasteiger partial charge in [0.25, 0.3) is 0 Å². The first-order chi connectivity index (χ1) is 7.95. The Labute approximate surface area is 97.7 Å². The molecule has 1 fully saturated rings. The van der Waals surface area contributed by atoms with Crippen LogP contribution in [0.2, 0.25) is 0 Å². The Hall–Kier alpha value is -0.930. The standard InChI is InChI=1S/C13H21N3/c1-2-13(10-15-6-1)11-16-9-5-12-3-7-14-8-4-12/h3-4,7-8,13,15-16H,1-2,5-6,9-11H2. The van der Waals surface area contributed by atoms with Crippen LogP contribution in [-0.2, 0) is 6.42 Å². The van der Waals surface area contributed by atoms with Crippen molar-refractivity contribution >= 4 is 0 Å². The molecule has 1 aliphatic rings. The van der Waals surface area contributed by atoms with E-state index in [9.17, 15) is 0 Å². The molecule has 3 nitrogen and oxygen atoms in total. The molecule has 1 unspecified atom stereocenters. The summed E-state index contributed by atoms with van der Waals surface area (Å²) in [6, 6.07) is 4.17. The highest BCUT2D eigenvalue weighted by atomic mass is 14.9. The molecule has 0 spiro atoms. The van der Waals surface area contributed by atoms with E-state index >= 15 is 0 Å². The van der Waals surface area contributed by atoms with Crippen LogP contribution < -0.4 is 10.6 Å². The van der Waals surface area contributed by atoms with Crippen molar-refractivity contribution in [3.8, 4) is 0 Å². The third-order valence-electron chi connectivity index (χ3n) is 3.17. The summed E-state index contributed by atoms with van der Waals surface area (Å²) in [6.07, 6.45) is 7.52. The Morgan fingerprint density at radius 2 is 2.25 bits per heavy atom. The van der Waals surface area contributed by atoms with Crippen molar-refractivity contribution in [2.45, 2.75) is 19.3 Å². The lowest BCUT2D eigenvalue weighted by Gasteiger charge is -2.22. The summed E-state index contributed by atoms with van der Waals surface area (Å²) in [5.41, 5.74) is 1.37. The summed E-state index contributed by atoms with van der Waals surface area (Å²) < 4.78 is 0. The number of piperidine rings is 1. The Morgan fingerprint density at radius 1 is 1.38 bits per heavy atom. The molecule has 0 aromatic carbocycles. The van der Waals surface area contributed by atoms with Crippen LogP contribution >= 0.6 is 0 Å². The van der Waals surface area contributed by atoms with E-state index in [2.05, 4.69) is 27.8 Å². The van der Waals surface area contributed by atoms with Crippen LogP contribution in [0.3, 0.4) is 0 Å². The van der Waals surface area contributed by atoms with Gasteiger partial charge in [-0.15, -0.1) is 0 Å². The molecule has 2 rings (SSSR count). The first-order valence-corrected chi connectivity index (χ1v) is 6.25. The number of pyridine rings is 1. The number of hydrogen-bond acceptors (Lipinski definition) is 3. The van der Waals surface area contributed by atoms with Crippen LogP contribution in [0, 0.1) is 5.92 Å². The summed E-state index contributed by atoms with van der Waals surface area (Å²) in [5, 5.41) is 6.99. The molecule has 0 radical (unpaired) electrons. The van der Waals surface area contributed by atoms with Gasteiger partial charge in [0, 0.05) is 12.4 Å². The zero-order valence-electron chi connectivity index (χ0n) is 9.78. The fraction of sp³-hybridized carbons (Fsp3) is 0.615. The lowest BCUT2D eigenvalue weighted by atomic mass is 10.00. The molecule has 0 bridgehead atoms. The van der Waals surface area contributed by atoms with E-state index < -0.39 is 0 Å². The molecule has 88 valence electrons. The van der Waals surface area contributed by atoms with Crippen molar-refractivity contribution in [3.05, 3.63) is 30.1 Å². The molecular formula is C13H21N3. The number of nitrogens with zero attached hydrogens (tertiary/aromatic N) is 1. The van der Waals surface area contributed by atoms with Gasteiger partial charge in [0.15, 0.2) is 0 Å². The topological polar surface area (TPSA) is 37.0 Å². The summed E-state index contributed by atoms with van der Waals surface area (Å²) in [4.78, 5) is 4.02. The molecule has 16 heavy (non-hydrogen) atoms. The van der Waals surface area contributed by atoms with Gasteiger partial charge in [-0.2, -0.15) is 0 Å². The van der Waals surface area contributed by atoms with E-state index in [-0.39, 0.29) is 0 Å². The number of rotatable bonds is 5. The van der Waals surface area contributed by atoms with Crippen molar-refractivity contribution in [2.75, 3.05) is 26.2 Å². The van der Waals surface area contributed by atoms with Crippen molar-refractivity contribution < 1.29 is 0 Å². The zero-order chi connectivity index (χ0) is 11.1. The van der Waals surface area contributed by atoms with Crippen molar-refractivity contribution in [1.29, 1.82) is 0 Å². The van der Waals surface area contributed by atoms with Crippen LogP contribution in [0.25, 0.3) is 0 Å². The molecule has 1 aliphatic heterocycles. The van der Waals surface area contributed by atoms with Gasteiger partial charge in [0.2, 0.25) is 0 Å². The third kappa shape index (κ3) is 3.91. The Kier molecular flexibility index (Phi) is 4.77. The lowest BCUT2D eigenvalue weighted by Crippen LogP contribution is -2.36. The first-order valence-electron chi connectivity index (χ1n) is 6.25. The Morgan fingerprint density at radius 3 is 3.00 bits per heavy atom. The van der Waals surface area contributed by atoms with E-state index in [0.717, 1.165) is 25.4 Å². The van der Waals surface area contributed by atoms with Crippen LogP contribution in [0.15, 0.2) is 24.5 Å². The smallest absolute Gasteiger partial charge is 0.0270 e. The fourth-order valence-corrected chi connectivity index (χ4v) is 2.19. The molecule has 0 saturated carbocycles. The SMILES string of the molecule is c1cc(CCNCC2CCCNC2)ccn1. The molecule has 2 heterocycles. The Balaban J connectivity index is 1.58. The van der Waals surface area contributed by atoms with Crippen LogP contribution in [0.1, 0.15) is 18.4 Å². The number of hydrogen-bond donors (Lipinski definition) is 2. The molecule has 1 aromatic heterocycles. The van der Waals surface area contributed by atoms with Crippen molar-refractivity contribution in [1.82, 2.24) is 15.6 Å². The average Bonchev–Trinajstić information content (AvgIpc) is 2.37. The van der Waals surface area contributed by atoms with Gasteiger partial charge in [-0.05, 0) is 69.1 Å². The molecule has 1 atom stereocenters. The molecule has 1 saturated heterocycles. The second-order valence-corrected chi connectivity index (χ2v) is 4.52. The van der Waals surface area contributed by atoms with Gasteiger partial charge in [0.05, 0.1) is 0 Å². The average molecular weight is 219 g/mol. The molecule has 3 heteroatoms. The predicted molar refractivity (Wildman–Crippen MR) is 66.4 cm³/mol. The highest BCUT2D eigenvalue weighted by Crippen LogP contribution is 2.08. The summed E-state index contributed by atoms with van der Waals surface area (Å²) >= 11 is 0. The van der Waals surface area contributed by atoms with E-state index in [0.29, 0.717) is 0 Å². The van der Waals surface area contributed by atoms with Crippen molar-refractivity contribution in [3.63, 3.8) is 0 Å². The molecule has 1 aromatic rings. The minimum absolute atomic E-state index is 0.825. The van der Waals surface area contributed by atoms with Crippen LogP contribution in [0.5, 0.6) is 0 Å². The van der Waals surface area contributed by atoms with Gasteiger partial charge >= 0.3 is 0 Å². The second kappa shape index (κ2) is 6.61. The quantitative estimate of drug-likeness (QED) is 0.731. The lowest BCUT2D eigenvalue weighted by molar-refractivity contribution is 0.361. The minimum atomic E-state index is 0.825.